The lowest BCUT2D eigenvalue weighted by Gasteiger charge is -2.09. The summed E-state index contributed by atoms with van der Waals surface area (Å²) in [6.45, 7) is 0.131. The highest BCUT2D eigenvalue weighted by Gasteiger charge is 2.09. The molecule has 28 heavy (non-hydrogen) atoms. The van der Waals surface area contributed by atoms with Gasteiger partial charge < -0.3 is 5.32 Å². The highest BCUT2D eigenvalue weighted by molar-refractivity contribution is 5.79. The topological polar surface area (TPSA) is 81.8 Å². The SMILES string of the molecule is O=C(Cn1cnc2ccc(F)cc2c1=O)NCc1ccc(-n2cccn2)cc1. The molecule has 0 aliphatic carbocycles. The maximum atomic E-state index is 13.4. The van der Waals surface area contributed by atoms with E-state index in [-0.39, 0.29) is 17.8 Å². The van der Waals surface area contributed by atoms with E-state index in [1.165, 1.54) is 18.5 Å². The smallest absolute Gasteiger partial charge is 0.261 e. The van der Waals surface area contributed by atoms with Crippen LogP contribution in [0.1, 0.15) is 5.56 Å². The normalized spacial score (nSPS) is 10.9. The fraction of sp³-hybridized carbons (Fsp3) is 0.100. The molecule has 0 atom stereocenters. The molecule has 1 amide bonds. The fourth-order valence-electron chi connectivity index (χ4n) is 2.84. The number of hydrogen-bond acceptors (Lipinski definition) is 4. The van der Waals surface area contributed by atoms with Crippen molar-refractivity contribution < 1.29 is 9.18 Å². The van der Waals surface area contributed by atoms with E-state index >= 15 is 0 Å². The first-order valence-corrected chi connectivity index (χ1v) is 8.60. The Labute approximate surface area is 159 Å². The van der Waals surface area contributed by atoms with Gasteiger partial charge in [-0.3, -0.25) is 14.2 Å². The number of hydrogen-bond donors (Lipinski definition) is 1. The minimum atomic E-state index is -0.521. The maximum absolute atomic E-state index is 13.4. The van der Waals surface area contributed by atoms with E-state index in [1.807, 2.05) is 36.5 Å². The van der Waals surface area contributed by atoms with E-state index in [1.54, 1.807) is 10.9 Å². The summed E-state index contributed by atoms with van der Waals surface area (Å²) in [5.41, 5.74) is 1.76. The summed E-state index contributed by atoms with van der Waals surface area (Å²) < 4.78 is 16.3. The molecule has 0 spiro atoms. The first kappa shape index (κ1) is 17.6. The third-order valence-corrected chi connectivity index (χ3v) is 4.29. The van der Waals surface area contributed by atoms with Crippen LogP contribution in [0.5, 0.6) is 0 Å². The second kappa shape index (κ2) is 7.43. The van der Waals surface area contributed by atoms with Crippen molar-refractivity contribution in [3.05, 3.63) is 89.0 Å². The predicted octanol–water partition coefficient (Wildman–Crippen LogP) is 2.04. The van der Waals surface area contributed by atoms with Crippen LogP contribution < -0.4 is 10.9 Å². The quantitative estimate of drug-likeness (QED) is 0.577. The van der Waals surface area contributed by atoms with Crippen LogP contribution in [0.15, 0.2) is 72.0 Å². The van der Waals surface area contributed by atoms with Crippen molar-refractivity contribution >= 4 is 16.8 Å². The van der Waals surface area contributed by atoms with Crippen molar-refractivity contribution in [1.29, 1.82) is 0 Å². The molecule has 2 aromatic heterocycles. The van der Waals surface area contributed by atoms with Crippen LogP contribution in [0.25, 0.3) is 16.6 Å². The number of aromatic nitrogens is 4. The largest absolute Gasteiger partial charge is 0.350 e. The van der Waals surface area contributed by atoms with Crippen LogP contribution in [-0.4, -0.2) is 25.2 Å². The monoisotopic (exact) mass is 377 g/mol. The van der Waals surface area contributed by atoms with E-state index < -0.39 is 11.4 Å². The van der Waals surface area contributed by atoms with Gasteiger partial charge in [0.1, 0.15) is 12.4 Å². The Morgan fingerprint density at radius 2 is 1.96 bits per heavy atom. The molecule has 0 aliphatic rings. The molecule has 4 aromatic rings. The molecule has 0 unspecified atom stereocenters. The number of amides is 1. The third kappa shape index (κ3) is 3.66. The number of nitrogens with one attached hydrogen (secondary N) is 1. The van der Waals surface area contributed by atoms with Gasteiger partial charge in [0.15, 0.2) is 0 Å². The summed E-state index contributed by atoms with van der Waals surface area (Å²) in [4.78, 5) is 28.7. The number of carbonyl (C=O) groups is 1. The van der Waals surface area contributed by atoms with Gasteiger partial charge in [-0.1, -0.05) is 12.1 Å². The van der Waals surface area contributed by atoms with Gasteiger partial charge in [-0.25, -0.2) is 14.1 Å². The molecule has 140 valence electrons. The van der Waals surface area contributed by atoms with Crippen molar-refractivity contribution in [2.75, 3.05) is 0 Å². The van der Waals surface area contributed by atoms with Crippen molar-refractivity contribution in [1.82, 2.24) is 24.6 Å². The Morgan fingerprint density at radius 3 is 2.71 bits per heavy atom. The molecule has 0 bridgehead atoms. The van der Waals surface area contributed by atoms with Gasteiger partial charge in [-0.05, 0) is 42.0 Å². The molecule has 0 aliphatic heterocycles. The lowest BCUT2D eigenvalue weighted by molar-refractivity contribution is -0.121. The molecular weight excluding hydrogens is 361 g/mol. The molecular formula is C20H16FN5O2. The summed E-state index contributed by atoms with van der Waals surface area (Å²) in [5, 5.41) is 7.07. The summed E-state index contributed by atoms with van der Waals surface area (Å²) in [6.07, 6.45) is 4.84. The Kier molecular flexibility index (Phi) is 4.67. The summed E-state index contributed by atoms with van der Waals surface area (Å²) >= 11 is 0. The number of rotatable bonds is 5. The predicted molar refractivity (Wildman–Crippen MR) is 101 cm³/mol. The van der Waals surface area contributed by atoms with Crippen LogP contribution in [-0.2, 0) is 17.9 Å². The van der Waals surface area contributed by atoms with E-state index in [4.69, 9.17) is 0 Å². The molecule has 0 saturated carbocycles. The van der Waals surface area contributed by atoms with E-state index in [0.717, 1.165) is 21.9 Å². The van der Waals surface area contributed by atoms with Crippen molar-refractivity contribution in [3.63, 3.8) is 0 Å². The number of benzene rings is 2. The number of fused-ring (bicyclic) bond motifs is 1. The Bertz CT molecular complexity index is 1180. The van der Waals surface area contributed by atoms with Gasteiger partial charge in [0.2, 0.25) is 5.91 Å². The van der Waals surface area contributed by atoms with Gasteiger partial charge in [0.25, 0.3) is 5.56 Å². The number of halogens is 1. The molecule has 0 fully saturated rings. The van der Waals surface area contributed by atoms with Gasteiger partial charge in [0.05, 0.1) is 22.9 Å². The van der Waals surface area contributed by atoms with Crippen molar-refractivity contribution in [3.8, 4) is 5.69 Å². The average molecular weight is 377 g/mol. The Balaban J connectivity index is 1.41. The molecule has 2 heterocycles. The molecule has 2 aromatic carbocycles. The van der Waals surface area contributed by atoms with Crippen LogP contribution in [0.2, 0.25) is 0 Å². The zero-order valence-corrected chi connectivity index (χ0v) is 14.7. The van der Waals surface area contributed by atoms with E-state index in [9.17, 15) is 14.0 Å². The van der Waals surface area contributed by atoms with Crippen LogP contribution >= 0.6 is 0 Å². The van der Waals surface area contributed by atoms with Crippen LogP contribution in [0, 0.1) is 5.82 Å². The van der Waals surface area contributed by atoms with Gasteiger partial charge in [-0.2, -0.15) is 5.10 Å². The lowest BCUT2D eigenvalue weighted by Crippen LogP contribution is -2.32. The fourth-order valence-corrected chi connectivity index (χ4v) is 2.84. The second-order valence-electron chi connectivity index (χ2n) is 6.23. The maximum Gasteiger partial charge on any atom is 0.261 e. The average Bonchev–Trinajstić information content (AvgIpc) is 3.24. The summed E-state index contributed by atoms with van der Waals surface area (Å²) in [7, 11) is 0. The van der Waals surface area contributed by atoms with E-state index in [2.05, 4.69) is 15.4 Å². The second-order valence-corrected chi connectivity index (χ2v) is 6.23. The lowest BCUT2D eigenvalue weighted by atomic mass is 10.2. The minimum absolute atomic E-state index is 0.143. The molecule has 7 nitrogen and oxygen atoms in total. The molecule has 0 saturated heterocycles. The zero-order valence-electron chi connectivity index (χ0n) is 14.7. The third-order valence-electron chi connectivity index (χ3n) is 4.29. The first-order chi connectivity index (χ1) is 13.6. The summed E-state index contributed by atoms with van der Waals surface area (Å²) in [5.74, 6) is -0.858. The van der Waals surface area contributed by atoms with Crippen molar-refractivity contribution in [2.24, 2.45) is 0 Å². The summed E-state index contributed by atoms with van der Waals surface area (Å²) in [6, 6.07) is 13.2. The Hall–Kier alpha value is -3.81. The first-order valence-electron chi connectivity index (χ1n) is 8.60. The molecule has 0 radical (unpaired) electrons. The molecule has 8 heteroatoms. The number of nitrogens with zero attached hydrogens (tertiary/aromatic N) is 4. The standard InChI is InChI=1S/C20H16FN5O2/c21-15-4-7-18-17(10-15)20(28)25(13-23-18)12-19(27)22-11-14-2-5-16(6-3-14)26-9-1-8-24-26/h1-10,13H,11-12H2,(H,22,27). The zero-order chi connectivity index (χ0) is 19.5. The van der Waals surface area contributed by atoms with Crippen LogP contribution in [0.4, 0.5) is 4.39 Å². The Morgan fingerprint density at radius 1 is 1.14 bits per heavy atom. The molecule has 4 rings (SSSR count). The van der Waals surface area contributed by atoms with Gasteiger partial charge in [-0.15, -0.1) is 0 Å². The molecule has 1 N–H and O–H groups in total. The highest BCUT2D eigenvalue weighted by atomic mass is 19.1. The van der Waals surface area contributed by atoms with Gasteiger partial charge in [0, 0.05) is 18.9 Å². The van der Waals surface area contributed by atoms with Crippen molar-refractivity contribution in [2.45, 2.75) is 13.1 Å². The van der Waals surface area contributed by atoms with Crippen LogP contribution in [0.3, 0.4) is 0 Å². The highest BCUT2D eigenvalue weighted by Crippen LogP contribution is 2.09. The number of carbonyl (C=O) groups excluding carboxylic acids is 1. The minimum Gasteiger partial charge on any atom is -0.350 e. The van der Waals surface area contributed by atoms with Gasteiger partial charge >= 0.3 is 0 Å². The van der Waals surface area contributed by atoms with E-state index in [0.29, 0.717) is 12.1 Å².